The van der Waals surface area contributed by atoms with Gasteiger partial charge in [0.1, 0.15) is 16.8 Å². The molecule has 1 aliphatic rings. The van der Waals surface area contributed by atoms with Crippen LogP contribution >= 0.6 is 0 Å². The Morgan fingerprint density at radius 2 is 1.42 bits per heavy atom. The van der Waals surface area contributed by atoms with Crippen molar-refractivity contribution in [3.8, 4) is 23.1 Å². The Labute approximate surface area is 206 Å². The fraction of sp³-hybridized carbons (Fsp3) is 0. The van der Waals surface area contributed by atoms with Gasteiger partial charge in [0.2, 0.25) is 5.88 Å². The van der Waals surface area contributed by atoms with Crippen molar-refractivity contribution in [2.45, 2.75) is 0 Å². The maximum atomic E-state index is 6.41. The Balaban J connectivity index is 1.28. The van der Waals surface area contributed by atoms with Crippen molar-refractivity contribution in [1.29, 1.82) is 0 Å². The number of hydrogen-bond acceptors (Lipinski definition) is 6. The van der Waals surface area contributed by atoms with Gasteiger partial charge >= 0.3 is 0 Å². The molecule has 1 aliphatic heterocycles. The Hall–Kier alpha value is -5.10. The fourth-order valence-electron chi connectivity index (χ4n) is 4.40. The van der Waals surface area contributed by atoms with E-state index >= 15 is 0 Å². The van der Waals surface area contributed by atoms with Gasteiger partial charge in [-0.05, 0) is 48.5 Å². The molecule has 3 aromatic carbocycles. The number of para-hydroxylation sites is 2. The van der Waals surface area contributed by atoms with Crippen molar-refractivity contribution in [1.82, 2.24) is 9.97 Å². The van der Waals surface area contributed by atoms with Crippen molar-refractivity contribution in [3.05, 3.63) is 108 Å². The molecule has 172 valence electrons. The van der Waals surface area contributed by atoms with Crippen LogP contribution in [0, 0.1) is 0 Å². The zero-order valence-electron chi connectivity index (χ0n) is 19.0. The molecule has 6 nitrogen and oxygen atoms in total. The normalized spacial score (nSPS) is 12.0. The summed E-state index contributed by atoms with van der Waals surface area (Å²) in [7, 11) is 0. The first kappa shape index (κ1) is 20.3. The number of nitrogens with zero attached hydrogens (tertiary/aromatic N) is 2. The standard InChI is InChI=1S/C30H19N3O3/c1-2-16-31-27(11-1)36-25-9-4-7-20-13-12-19-6-3-8-24(28(19)33-29(20)25)34-21-14-15-23-22(18-21)30-26(35-23)10-5-17-32-30/h1-18,33H. The first-order chi connectivity index (χ1) is 17.8. The number of anilines is 2. The van der Waals surface area contributed by atoms with E-state index in [1.54, 1.807) is 12.4 Å². The van der Waals surface area contributed by atoms with Gasteiger partial charge in [-0.1, -0.05) is 42.5 Å². The van der Waals surface area contributed by atoms with Gasteiger partial charge in [-0.2, -0.15) is 0 Å². The van der Waals surface area contributed by atoms with Gasteiger partial charge in [0.15, 0.2) is 17.1 Å². The molecule has 0 amide bonds. The van der Waals surface area contributed by atoms with Gasteiger partial charge in [0.25, 0.3) is 0 Å². The summed E-state index contributed by atoms with van der Waals surface area (Å²) in [4.78, 5) is 8.78. The molecule has 3 aromatic heterocycles. The summed E-state index contributed by atoms with van der Waals surface area (Å²) >= 11 is 0. The van der Waals surface area contributed by atoms with Crippen molar-refractivity contribution >= 4 is 45.6 Å². The number of benzene rings is 3. The van der Waals surface area contributed by atoms with E-state index in [1.807, 2.05) is 84.9 Å². The predicted octanol–water partition coefficient (Wildman–Crippen LogP) is 8.19. The minimum Gasteiger partial charge on any atom is -0.455 e. The molecule has 0 radical (unpaired) electrons. The summed E-state index contributed by atoms with van der Waals surface area (Å²) in [5.41, 5.74) is 6.04. The number of hydrogen-bond donors (Lipinski definition) is 1. The van der Waals surface area contributed by atoms with Crippen LogP contribution < -0.4 is 14.8 Å². The third-order valence-corrected chi connectivity index (χ3v) is 6.09. The minimum atomic E-state index is 0.528. The van der Waals surface area contributed by atoms with Crippen LogP contribution in [-0.4, -0.2) is 9.97 Å². The highest BCUT2D eigenvalue weighted by molar-refractivity contribution is 6.02. The number of ether oxygens (including phenoxy) is 2. The molecule has 0 saturated carbocycles. The van der Waals surface area contributed by atoms with Crippen LogP contribution in [0.2, 0.25) is 0 Å². The van der Waals surface area contributed by atoms with Crippen LogP contribution in [-0.2, 0) is 0 Å². The number of nitrogens with one attached hydrogen (secondary N) is 1. The molecule has 0 unspecified atom stereocenters. The molecule has 6 heteroatoms. The fourth-order valence-corrected chi connectivity index (χ4v) is 4.40. The van der Waals surface area contributed by atoms with Gasteiger partial charge < -0.3 is 19.2 Å². The molecule has 0 spiro atoms. The second-order valence-electron chi connectivity index (χ2n) is 8.38. The molecule has 36 heavy (non-hydrogen) atoms. The number of furan rings is 1. The summed E-state index contributed by atoms with van der Waals surface area (Å²) < 4.78 is 18.4. The van der Waals surface area contributed by atoms with Crippen molar-refractivity contribution in [2.24, 2.45) is 0 Å². The lowest BCUT2D eigenvalue weighted by Gasteiger charge is -2.17. The third-order valence-electron chi connectivity index (χ3n) is 6.09. The number of pyridine rings is 2. The summed E-state index contributed by atoms with van der Waals surface area (Å²) in [6.45, 7) is 0. The van der Waals surface area contributed by atoms with Gasteiger partial charge in [0.05, 0.1) is 16.8 Å². The molecule has 0 fully saturated rings. The lowest BCUT2D eigenvalue weighted by Crippen LogP contribution is -1.99. The molecular formula is C30H19N3O3. The lowest BCUT2D eigenvalue weighted by atomic mass is 10.1. The average Bonchev–Trinajstić information content (AvgIpc) is 3.16. The van der Waals surface area contributed by atoms with Crippen LogP contribution in [0.1, 0.15) is 11.1 Å². The summed E-state index contributed by atoms with van der Waals surface area (Å²) in [6.07, 6.45) is 7.61. The van der Waals surface area contributed by atoms with Crippen molar-refractivity contribution in [3.63, 3.8) is 0 Å². The predicted molar refractivity (Wildman–Crippen MR) is 141 cm³/mol. The van der Waals surface area contributed by atoms with E-state index in [4.69, 9.17) is 13.9 Å². The van der Waals surface area contributed by atoms with E-state index in [-0.39, 0.29) is 0 Å². The Morgan fingerprint density at radius 1 is 0.639 bits per heavy atom. The molecule has 7 rings (SSSR count). The summed E-state index contributed by atoms with van der Waals surface area (Å²) in [5, 5.41) is 4.48. The van der Waals surface area contributed by atoms with E-state index in [0.29, 0.717) is 23.1 Å². The molecule has 0 atom stereocenters. The second kappa shape index (κ2) is 8.29. The van der Waals surface area contributed by atoms with Crippen LogP contribution in [0.4, 0.5) is 11.4 Å². The van der Waals surface area contributed by atoms with E-state index in [9.17, 15) is 0 Å². The van der Waals surface area contributed by atoms with E-state index in [0.717, 1.165) is 44.6 Å². The first-order valence-electron chi connectivity index (χ1n) is 11.6. The van der Waals surface area contributed by atoms with Crippen LogP contribution in [0.25, 0.3) is 34.2 Å². The summed E-state index contributed by atoms with van der Waals surface area (Å²) in [6, 6.07) is 27.1. The van der Waals surface area contributed by atoms with Crippen molar-refractivity contribution in [2.75, 3.05) is 5.32 Å². The number of aromatic nitrogens is 2. The van der Waals surface area contributed by atoms with Crippen LogP contribution in [0.5, 0.6) is 23.1 Å². The van der Waals surface area contributed by atoms with E-state index in [2.05, 4.69) is 27.4 Å². The number of rotatable bonds is 4. The Bertz CT molecular complexity index is 1770. The van der Waals surface area contributed by atoms with E-state index < -0.39 is 0 Å². The van der Waals surface area contributed by atoms with Crippen molar-refractivity contribution < 1.29 is 13.9 Å². The van der Waals surface area contributed by atoms with Crippen LogP contribution in [0.3, 0.4) is 0 Å². The zero-order chi connectivity index (χ0) is 23.9. The maximum absolute atomic E-state index is 6.41. The first-order valence-corrected chi connectivity index (χ1v) is 11.6. The highest BCUT2D eigenvalue weighted by atomic mass is 16.5. The largest absolute Gasteiger partial charge is 0.455 e. The quantitative estimate of drug-likeness (QED) is 0.280. The topological polar surface area (TPSA) is 69.4 Å². The molecule has 0 saturated heterocycles. The minimum absolute atomic E-state index is 0.528. The number of fused-ring (bicyclic) bond motifs is 5. The smallest absolute Gasteiger partial charge is 0.219 e. The maximum Gasteiger partial charge on any atom is 0.219 e. The average molecular weight is 470 g/mol. The Kier molecular flexibility index (Phi) is 4.67. The molecule has 0 aliphatic carbocycles. The van der Waals surface area contributed by atoms with Gasteiger partial charge in [0, 0.05) is 29.6 Å². The molecule has 6 aromatic rings. The second-order valence-corrected chi connectivity index (χ2v) is 8.38. The molecular weight excluding hydrogens is 450 g/mol. The lowest BCUT2D eigenvalue weighted by molar-refractivity contribution is 0.464. The van der Waals surface area contributed by atoms with Crippen LogP contribution in [0.15, 0.2) is 102 Å². The van der Waals surface area contributed by atoms with E-state index in [1.165, 1.54) is 0 Å². The zero-order valence-corrected chi connectivity index (χ0v) is 19.0. The molecule has 0 bridgehead atoms. The highest BCUT2D eigenvalue weighted by Gasteiger charge is 2.18. The highest BCUT2D eigenvalue weighted by Crippen LogP contribution is 2.43. The van der Waals surface area contributed by atoms with Gasteiger partial charge in [-0.3, -0.25) is 4.98 Å². The molecule has 4 heterocycles. The Morgan fingerprint density at radius 3 is 2.19 bits per heavy atom. The third kappa shape index (κ3) is 3.52. The van der Waals surface area contributed by atoms with Gasteiger partial charge in [-0.15, -0.1) is 0 Å². The summed E-state index contributed by atoms with van der Waals surface area (Å²) in [5.74, 6) is 2.59. The SMILES string of the molecule is C1=Cc2cccc(Oc3ccccn3)c2Nc2c1cccc2Oc1ccc2oc3cccnc3c2c1. The van der Waals surface area contributed by atoms with Gasteiger partial charge in [-0.25, -0.2) is 4.98 Å². The molecule has 1 N–H and O–H groups in total. The monoisotopic (exact) mass is 469 g/mol.